The van der Waals surface area contributed by atoms with Gasteiger partial charge < -0.3 is 24.6 Å². The highest BCUT2D eigenvalue weighted by Gasteiger charge is 2.43. The summed E-state index contributed by atoms with van der Waals surface area (Å²) in [7, 11) is 1.54. The van der Waals surface area contributed by atoms with Crippen LogP contribution >= 0.6 is 0 Å². The van der Waals surface area contributed by atoms with Crippen LogP contribution in [0.25, 0.3) is 0 Å². The Morgan fingerprint density at radius 1 is 1.06 bits per heavy atom. The minimum atomic E-state index is -4.53. The van der Waals surface area contributed by atoms with Crippen LogP contribution < -0.4 is 14.8 Å². The Labute approximate surface area is 201 Å². The third-order valence-electron chi connectivity index (χ3n) is 6.56. The van der Waals surface area contributed by atoms with E-state index in [2.05, 4.69) is 10.3 Å². The third kappa shape index (κ3) is 5.77. The van der Waals surface area contributed by atoms with Gasteiger partial charge in [-0.3, -0.25) is 4.79 Å². The maximum absolute atomic E-state index is 13.1. The number of nitrogens with one attached hydrogen (secondary N) is 1. The van der Waals surface area contributed by atoms with Crippen molar-refractivity contribution >= 4 is 17.6 Å². The van der Waals surface area contributed by atoms with Gasteiger partial charge in [-0.25, -0.2) is 9.78 Å². The van der Waals surface area contributed by atoms with Crippen LogP contribution in [-0.4, -0.2) is 72.8 Å². The number of aromatic nitrogens is 1. The van der Waals surface area contributed by atoms with Gasteiger partial charge in [-0.2, -0.15) is 13.2 Å². The van der Waals surface area contributed by atoms with E-state index < -0.39 is 18.7 Å². The second kappa shape index (κ2) is 10.0. The van der Waals surface area contributed by atoms with Crippen molar-refractivity contribution in [2.45, 2.75) is 25.4 Å². The number of likely N-dealkylation sites (tertiary alicyclic amines) is 2. The van der Waals surface area contributed by atoms with E-state index in [9.17, 15) is 22.8 Å². The number of urea groups is 1. The van der Waals surface area contributed by atoms with Crippen molar-refractivity contribution in [2.75, 3.05) is 45.2 Å². The maximum atomic E-state index is 13.1. The number of hydrogen-bond donors (Lipinski definition) is 1. The van der Waals surface area contributed by atoms with E-state index in [1.165, 1.54) is 18.3 Å². The Bertz CT molecular complexity index is 1070. The SMILES string of the molecule is COc1ccccc1NC(=O)N1CCC2(CC1)CCN(C(=O)c1cccnc1OCC(F)(F)F)C2. The topological polar surface area (TPSA) is 84.0 Å². The van der Waals surface area contributed by atoms with Gasteiger partial charge in [0, 0.05) is 32.4 Å². The summed E-state index contributed by atoms with van der Waals surface area (Å²) < 4.78 is 47.8. The first-order valence-electron chi connectivity index (χ1n) is 11.3. The molecule has 35 heavy (non-hydrogen) atoms. The van der Waals surface area contributed by atoms with Gasteiger partial charge >= 0.3 is 12.2 Å². The molecule has 0 bridgehead atoms. The van der Waals surface area contributed by atoms with Gasteiger partial charge in [-0.05, 0) is 48.9 Å². The molecule has 3 heterocycles. The molecule has 0 unspecified atom stereocenters. The molecule has 1 aromatic heterocycles. The lowest BCUT2D eigenvalue weighted by Gasteiger charge is -2.39. The van der Waals surface area contributed by atoms with E-state index >= 15 is 0 Å². The van der Waals surface area contributed by atoms with Crippen LogP contribution in [0.15, 0.2) is 42.6 Å². The number of anilines is 1. The Kier molecular flexibility index (Phi) is 7.04. The second-order valence-electron chi connectivity index (χ2n) is 8.85. The fourth-order valence-electron chi connectivity index (χ4n) is 4.63. The first-order chi connectivity index (χ1) is 16.7. The highest BCUT2D eigenvalue weighted by atomic mass is 19.4. The Hall–Kier alpha value is -3.50. The molecule has 188 valence electrons. The quantitative estimate of drug-likeness (QED) is 0.677. The summed E-state index contributed by atoms with van der Waals surface area (Å²) in [4.78, 5) is 33.1. The summed E-state index contributed by atoms with van der Waals surface area (Å²) in [6.45, 7) is 0.522. The predicted molar refractivity (Wildman–Crippen MR) is 122 cm³/mol. The lowest BCUT2D eigenvalue weighted by molar-refractivity contribution is -0.154. The summed E-state index contributed by atoms with van der Waals surface area (Å²) in [5.74, 6) is -0.143. The minimum absolute atomic E-state index is 0.0161. The number of carbonyl (C=O) groups is 2. The fourth-order valence-corrected chi connectivity index (χ4v) is 4.63. The van der Waals surface area contributed by atoms with Crippen molar-refractivity contribution < 1.29 is 32.2 Å². The van der Waals surface area contributed by atoms with Crippen LogP contribution in [0.5, 0.6) is 11.6 Å². The Morgan fingerprint density at radius 2 is 1.74 bits per heavy atom. The van der Waals surface area contributed by atoms with E-state index in [1.54, 1.807) is 29.0 Å². The highest BCUT2D eigenvalue weighted by Crippen LogP contribution is 2.41. The molecule has 2 fully saturated rings. The van der Waals surface area contributed by atoms with Crippen LogP contribution in [-0.2, 0) is 0 Å². The standard InChI is InChI=1S/C24H27F3N4O4/c1-34-19-7-3-2-6-18(19)29-22(33)30-12-8-23(9-13-30)10-14-31(15-23)21(32)17-5-4-11-28-20(17)35-16-24(25,26)27/h2-7,11H,8-10,12-16H2,1H3,(H,29,33). The summed E-state index contributed by atoms with van der Waals surface area (Å²) in [6, 6.07) is 9.89. The Balaban J connectivity index is 1.35. The lowest BCUT2D eigenvalue weighted by Crippen LogP contribution is -2.46. The number of hydrogen-bond acceptors (Lipinski definition) is 5. The monoisotopic (exact) mass is 492 g/mol. The van der Waals surface area contributed by atoms with E-state index in [0.717, 1.165) is 19.3 Å². The van der Waals surface area contributed by atoms with Crippen LogP contribution in [0.3, 0.4) is 0 Å². The van der Waals surface area contributed by atoms with Gasteiger partial charge in [0.05, 0.1) is 12.8 Å². The van der Waals surface area contributed by atoms with Crippen LogP contribution in [0, 0.1) is 5.41 Å². The number of amides is 3. The molecule has 0 saturated carbocycles. The minimum Gasteiger partial charge on any atom is -0.495 e. The van der Waals surface area contributed by atoms with Crippen molar-refractivity contribution in [3.05, 3.63) is 48.2 Å². The van der Waals surface area contributed by atoms with Gasteiger partial charge in [0.2, 0.25) is 5.88 Å². The van der Waals surface area contributed by atoms with Crippen LogP contribution in [0.1, 0.15) is 29.6 Å². The third-order valence-corrected chi connectivity index (χ3v) is 6.56. The summed E-state index contributed by atoms with van der Waals surface area (Å²) in [6.07, 6.45) is -1.03. The number of nitrogens with zero attached hydrogens (tertiary/aromatic N) is 3. The maximum Gasteiger partial charge on any atom is 0.422 e. The molecule has 2 aliphatic heterocycles. The molecule has 8 nitrogen and oxygen atoms in total. The molecule has 0 radical (unpaired) electrons. The zero-order valence-corrected chi connectivity index (χ0v) is 19.3. The number of benzene rings is 1. The number of methoxy groups -OCH3 is 1. The second-order valence-corrected chi connectivity index (χ2v) is 8.85. The van der Waals surface area contributed by atoms with Gasteiger partial charge in [0.1, 0.15) is 11.3 Å². The molecule has 1 spiro atoms. The number of rotatable bonds is 5. The smallest absolute Gasteiger partial charge is 0.422 e. The number of carbonyl (C=O) groups excluding carboxylic acids is 2. The average Bonchev–Trinajstić information content (AvgIpc) is 3.26. The Morgan fingerprint density at radius 3 is 2.43 bits per heavy atom. The summed E-state index contributed by atoms with van der Waals surface area (Å²) in [5.41, 5.74) is 0.479. The van der Waals surface area contributed by atoms with Crippen molar-refractivity contribution in [1.29, 1.82) is 0 Å². The van der Waals surface area contributed by atoms with E-state index in [-0.39, 0.29) is 22.9 Å². The number of halogens is 3. The van der Waals surface area contributed by atoms with Crippen LogP contribution in [0.4, 0.5) is 23.7 Å². The zero-order chi connectivity index (χ0) is 25.1. The largest absolute Gasteiger partial charge is 0.495 e. The highest BCUT2D eigenvalue weighted by molar-refractivity contribution is 5.96. The van der Waals surface area contributed by atoms with Gasteiger partial charge in [0.25, 0.3) is 5.91 Å². The summed E-state index contributed by atoms with van der Waals surface area (Å²) in [5, 5.41) is 2.88. The van der Waals surface area contributed by atoms with Gasteiger partial charge in [-0.1, -0.05) is 12.1 Å². The summed E-state index contributed by atoms with van der Waals surface area (Å²) >= 11 is 0. The van der Waals surface area contributed by atoms with Crippen molar-refractivity contribution in [2.24, 2.45) is 5.41 Å². The molecule has 4 rings (SSSR count). The first kappa shape index (κ1) is 24.6. The molecule has 0 atom stereocenters. The number of para-hydroxylation sites is 2. The number of alkyl halides is 3. The number of ether oxygens (including phenoxy) is 2. The molecule has 3 amide bonds. The first-order valence-corrected chi connectivity index (χ1v) is 11.3. The van der Waals surface area contributed by atoms with E-state index in [4.69, 9.17) is 9.47 Å². The zero-order valence-electron chi connectivity index (χ0n) is 19.3. The number of pyridine rings is 1. The normalized spacial score (nSPS) is 17.4. The lowest BCUT2D eigenvalue weighted by atomic mass is 9.78. The molecule has 2 saturated heterocycles. The molecule has 11 heteroatoms. The molecule has 2 aliphatic rings. The molecule has 1 aromatic carbocycles. The van der Waals surface area contributed by atoms with E-state index in [1.807, 2.05) is 12.1 Å². The molecule has 0 aliphatic carbocycles. The average molecular weight is 492 g/mol. The van der Waals surface area contributed by atoms with Crippen LogP contribution in [0.2, 0.25) is 0 Å². The predicted octanol–water partition coefficient (Wildman–Crippen LogP) is 4.19. The molecule has 2 aromatic rings. The van der Waals surface area contributed by atoms with Gasteiger partial charge in [0.15, 0.2) is 6.61 Å². The van der Waals surface area contributed by atoms with Crippen molar-refractivity contribution in [3.63, 3.8) is 0 Å². The van der Waals surface area contributed by atoms with E-state index in [0.29, 0.717) is 37.6 Å². The number of piperidine rings is 1. The molecular weight excluding hydrogens is 465 g/mol. The molecule has 1 N–H and O–H groups in total. The van der Waals surface area contributed by atoms with Crippen molar-refractivity contribution in [1.82, 2.24) is 14.8 Å². The van der Waals surface area contributed by atoms with Gasteiger partial charge in [-0.15, -0.1) is 0 Å². The van der Waals surface area contributed by atoms with Crippen molar-refractivity contribution in [3.8, 4) is 11.6 Å². The fraction of sp³-hybridized carbons (Fsp3) is 0.458. The molecular formula is C24H27F3N4O4.